The Hall–Kier alpha value is -2.29. The number of nitrogens with one attached hydrogen (secondary N) is 1. The van der Waals surface area contributed by atoms with Gasteiger partial charge in [-0.2, -0.15) is 0 Å². The van der Waals surface area contributed by atoms with Gasteiger partial charge in [-0.3, -0.25) is 0 Å². The molecule has 0 atom stereocenters. The molecular weight excluding hydrogens is 250 g/mol. The van der Waals surface area contributed by atoms with Gasteiger partial charge in [-0.1, -0.05) is 36.4 Å². The van der Waals surface area contributed by atoms with Crippen molar-refractivity contribution in [3.63, 3.8) is 0 Å². The van der Waals surface area contributed by atoms with Crippen molar-refractivity contribution >= 4 is 11.7 Å². The van der Waals surface area contributed by atoms with Crippen LogP contribution in [0.25, 0.3) is 11.1 Å². The lowest BCUT2D eigenvalue weighted by atomic mass is 9.96. The van der Waals surface area contributed by atoms with E-state index in [1.54, 1.807) is 6.07 Å². The van der Waals surface area contributed by atoms with E-state index in [9.17, 15) is 9.90 Å². The molecule has 0 aliphatic heterocycles. The third-order valence-electron chi connectivity index (χ3n) is 3.21. The zero-order valence-electron chi connectivity index (χ0n) is 12.0. The third kappa shape index (κ3) is 2.82. The molecule has 0 spiro atoms. The summed E-state index contributed by atoms with van der Waals surface area (Å²) in [5.41, 5.74) is 4.11. The summed E-state index contributed by atoms with van der Waals surface area (Å²) in [7, 11) is 0. The smallest absolute Gasteiger partial charge is 0.336 e. The lowest BCUT2D eigenvalue weighted by Crippen LogP contribution is -2.13. The molecule has 20 heavy (non-hydrogen) atoms. The van der Waals surface area contributed by atoms with E-state index in [-0.39, 0.29) is 6.04 Å². The molecule has 0 unspecified atom stereocenters. The first kappa shape index (κ1) is 14.1. The summed E-state index contributed by atoms with van der Waals surface area (Å²) in [5.74, 6) is -0.895. The normalized spacial score (nSPS) is 10.6. The van der Waals surface area contributed by atoms with Crippen molar-refractivity contribution in [2.75, 3.05) is 5.32 Å². The minimum Gasteiger partial charge on any atom is -0.478 e. The maximum absolute atomic E-state index is 11.3. The molecular formula is C17H19NO2. The standard InChI is InChI=1S/C17H19NO2/c1-11(2)18-16-12(3)14(17(19)20)9-10-15(16)13-7-5-4-6-8-13/h4-11,18H,1-3H3,(H,19,20). The van der Waals surface area contributed by atoms with Gasteiger partial charge in [0.2, 0.25) is 0 Å². The summed E-state index contributed by atoms with van der Waals surface area (Å²) in [6.45, 7) is 5.93. The summed E-state index contributed by atoms with van der Waals surface area (Å²) in [6.07, 6.45) is 0. The number of rotatable bonds is 4. The highest BCUT2D eigenvalue weighted by molar-refractivity contribution is 5.94. The lowest BCUT2D eigenvalue weighted by Gasteiger charge is -2.19. The minimum atomic E-state index is -0.895. The summed E-state index contributed by atoms with van der Waals surface area (Å²) in [4.78, 5) is 11.3. The number of carboxylic acids is 1. The molecule has 0 fully saturated rings. The van der Waals surface area contributed by atoms with Crippen molar-refractivity contribution in [2.24, 2.45) is 0 Å². The number of benzene rings is 2. The van der Waals surface area contributed by atoms with E-state index < -0.39 is 5.97 Å². The van der Waals surface area contributed by atoms with Gasteiger partial charge in [-0.15, -0.1) is 0 Å². The zero-order chi connectivity index (χ0) is 14.7. The maximum Gasteiger partial charge on any atom is 0.336 e. The third-order valence-corrected chi connectivity index (χ3v) is 3.21. The van der Waals surface area contributed by atoms with Crippen LogP contribution in [-0.2, 0) is 0 Å². The average Bonchev–Trinajstić information content (AvgIpc) is 2.41. The van der Waals surface area contributed by atoms with Crippen molar-refractivity contribution in [1.29, 1.82) is 0 Å². The van der Waals surface area contributed by atoms with E-state index in [1.165, 1.54) is 0 Å². The molecule has 2 rings (SSSR count). The molecule has 2 aromatic rings. The van der Waals surface area contributed by atoms with Gasteiger partial charge in [0.05, 0.1) is 5.56 Å². The fourth-order valence-corrected chi connectivity index (χ4v) is 2.28. The van der Waals surface area contributed by atoms with Gasteiger partial charge >= 0.3 is 5.97 Å². The van der Waals surface area contributed by atoms with Crippen molar-refractivity contribution in [3.8, 4) is 11.1 Å². The SMILES string of the molecule is Cc1c(C(=O)O)ccc(-c2ccccc2)c1NC(C)C. The Labute approximate surface area is 119 Å². The van der Waals surface area contributed by atoms with E-state index in [2.05, 4.69) is 5.32 Å². The monoisotopic (exact) mass is 269 g/mol. The first-order chi connectivity index (χ1) is 9.50. The second-order valence-corrected chi connectivity index (χ2v) is 5.13. The van der Waals surface area contributed by atoms with Crippen LogP contribution in [0.3, 0.4) is 0 Å². The Bertz CT molecular complexity index is 618. The molecule has 0 radical (unpaired) electrons. The second kappa shape index (κ2) is 5.78. The average molecular weight is 269 g/mol. The van der Waals surface area contributed by atoms with Gasteiger partial charge in [0.15, 0.2) is 0 Å². The molecule has 0 amide bonds. The van der Waals surface area contributed by atoms with Gasteiger partial charge < -0.3 is 10.4 Å². The Morgan fingerprint density at radius 3 is 2.30 bits per heavy atom. The van der Waals surface area contributed by atoms with Gasteiger partial charge in [0, 0.05) is 17.3 Å². The summed E-state index contributed by atoms with van der Waals surface area (Å²) < 4.78 is 0. The number of hydrogen-bond donors (Lipinski definition) is 2. The fourth-order valence-electron chi connectivity index (χ4n) is 2.28. The van der Waals surface area contributed by atoms with E-state index in [1.807, 2.05) is 57.2 Å². The van der Waals surface area contributed by atoms with E-state index >= 15 is 0 Å². The van der Waals surface area contributed by atoms with Crippen molar-refractivity contribution in [1.82, 2.24) is 0 Å². The van der Waals surface area contributed by atoms with Crippen LogP contribution in [0.4, 0.5) is 5.69 Å². The van der Waals surface area contributed by atoms with E-state index in [4.69, 9.17) is 0 Å². The van der Waals surface area contributed by atoms with Crippen LogP contribution in [0.1, 0.15) is 29.8 Å². The number of anilines is 1. The number of carboxylic acid groups (broad SMARTS) is 1. The maximum atomic E-state index is 11.3. The van der Waals surface area contributed by atoms with Crippen LogP contribution in [0.15, 0.2) is 42.5 Å². The second-order valence-electron chi connectivity index (χ2n) is 5.13. The van der Waals surface area contributed by atoms with Crippen molar-refractivity contribution in [3.05, 3.63) is 53.6 Å². The molecule has 2 N–H and O–H groups in total. The molecule has 0 aromatic heterocycles. The highest BCUT2D eigenvalue weighted by Crippen LogP contribution is 2.33. The van der Waals surface area contributed by atoms with E-state index in [0.29, 0.717) is 5.56 Å². The molecule has 0 aliphatic carbocycles. The molecule has 104 valence electrons. The molecule has 0 saturated heterocycles. The van der Waals surface area contributed by atoms with Crippen LogP contribution >= 0.6 is 0 Å². The van der Waals surface area contributed by atoms with Crippen LogP contribution in [0.5, 0.6) is 0 Å². The summed E-state index contributed by atoms with van der Waals surface area (Å²) >= 11 is 0. The Balaban J connectivity index is 2.63. The van der Waals surface area contributed by atoms with Crippen molar-refractivity contribution in [2.45, 2.75) is 26.8 Å². The fraction of sp³-hybridized carbons (Fsp3) is 0.235. The quantitative estimate of drug-likeness (QED) is 0.875. The minimum absolute atomic E-state index is 0.236. The predicted octanol–water partition coefficient (Wildman–Crippen LogP) is 4.18. The van der Waals surface area contributed by atoms with Crippen LogP contribution in [0.2, 0.25) is 0 Å². The molecule has 3 nitrogen and oxygen atoms in total. The number of aromatic carboxylic acids is 1. The predicted molar refractivity (Wildman–Crippen MR) is 82.3 cm³/mol. The van der Waals surface area contributed by atoms with Gasteiger partial charge in [0.25, 0.3) is 0 Å². The molecule has 3 heteroatoms. The Morgan fingerprint density at radius 2 is 1.75 bits per heavy atom. The first-order valence-corrected chi connectivity index (χ1v) is 6.69. The van der Waals surface area contributed by atoms with E-state index in [0.717, 1.165) is 22.4 Å². The highest BCUT2D eigenvalue weighted by atomic mass is 16.4. The molecule has 0 bridgehead atoms. The van der Waals surface area contributed by atoms with Crippen molar-refractivity contribution < 1.29 is 9.90 Å². The zero-order valence-corrected chi connectivity index (χ0v) is 12.0. The lowest BCUT2D eigenvalue weighted by molar-refractivity contribution is 0.0696. The van der Waals surface area contributed by atoms with Crippen LogP contribution in [-0.4, -0.2) is 17.1 Å². The molecule has 0 aliphatic rings. The Kier molecular flexibility index (Phi) is 4.08. The Morgan fingerprint density at radius 1 is 1.10 bits per heavy atom. The van der Waals surface area contributed by atoms with Crippen LogP contribution in [0, 0.1) is 6.92 Å². The first-order valence-electron chi connectivity index (χ1n) is 6.69. The van der Waals surface area contributed by atoms with Gasteiger partial charge in [-0.25, -0.2) is 4.79 Å². The summed E-state index contributed by atoms with van der Waals surface area (Å²) in [6, 6.07) is 13.8. The van der Waals surface area contributed by atoms with Crippen LogP contribution < -0.4 is 5.32 Å². The largest absolute Gasteiger partial charge is 0.478 e. The van der Waals surface area contributed by atoms with Gasteiger partial charge in [0.1, 0.15) is 0 Å². The van der Waals surface area contributed by atoms with Gasteiger partial charge in [-0.05, 0) is 38.0 Å². The summed E-state index contributed by atoms with van der Waals surface area (Å²) in [5, 5.41) is 12.6. The molecule has 0 heterocycles. The number of hydrogen-bond acceptors (Lipinski definition) is 2. The molecule has 0 saturated carbocycles. The molecule has 2 aromatic carbocycles. The highest BCUT2D eigenvalue weighted by Gasteiger charge is 2.15. The topological polar surface area (TPSA) is 49.3 Å². The number of carbonyl (C=O) groups is 1.